The number of aliphatic hydroxyl groups excluding tert-OH is 1. The van der Waals surface area contributed by atoms with Crippen LogP contribution < -0.4 is 15.8 Å². The van der Waals surface area contributed by atoms with E-state index in [1.165, 1.54) is 0 Å². The first-order valence-electron chi connectivity index (χ1n) is 11.4. The average molecular weight is 526 g/mol. The van der Waals surface area contributed by atoms with E-state index in [2.05, 4.69) is 20.4 Å². The van der Waals surface area contributed by atoms with Gasteiger partial charge in [-0.3, -0.25) is 5.01 Å². The number of hydrogen-bond acceptors (Lipinski definition) is 8. The van der Waals surface area contributed by atoms with E-state index in [4.69, 9.17) is 33.7 Å². The molecule has 1 atom stereocenters. The SMILES string of the molecule is C/C=N\N(C)CCOc1cc(Cl)cc(Cl)c1-c1nc(N)nc2c1CN(C(=O)NC[C@@H](C)O)C2.CC. The maximum atomic E-state index is 12.5. The summed E-state index contributed by atoms with van der Waals surface area (Å²) >= 11 is 12.8. The topological polar surface area (TPSA) is 129 Å². The highest BCUT2D eigenvalue weighted by molar-refractivity contribution is 6.37. The fourth-order valence-corrected chi connectivity index (χ4v) is 3.97. The fourth-order valence-electron chi connectivity index (χ4n) is 3.41. The molecule has 0 radical (unpaired) electrons. The van der Waals surface area contributed by atoms with Crippen molar-refractivity contribution in [2.75, 3.05) is 32.5 Å². The fraction of sp³-hybridized carbons (Fsp3) is 0.478. The number of nitrogens with two attached hydrogens (primary N) is 1. The molecular weight excluding hydrogens is 493 g/mol. The first kappa shape index (κ1) is 28.4. The van der Waals surface area contributed by atoms with Gasteiger partial charge < -0.3 is 25.8 Å². The van der Waals surface area contributed by atoms with Crippen LogP contribution >= 0.6 is 23.2 Å². The van der Waals surface area contributed by atoms with E-state index in [0.29, 0.717) is 45.9 Å². The lowest BCUT2D eigenvalue weighted by molar-refractivity contribution is 0.171. The molecule has 2 heterocycles. The number of carbonyl (C=O) groups is 1. The van der Waals surface area contributed by atoms with Gasteiger partial charge in [0.05, 0.1) is 47.7 Å². The van der Waals surface area contributed by atoms with Crippen LogP contribution in [0.5, 0.6) is 5.75 Å². The quantitative estimate of drug-likeness (QED) is 0.353. The molecule has 2 aromatic rings. The van der Waals surface area contributed by atoms with Crippen molar-refractivity contribution in [2.24, 2.45) is 5.10 Å². The minimum atomic E-state index is -0.653. The summed E-state index contributed by atoms with van der Waals surface area (Å²) in [6.07, 6.45) is 1.04. The summed E-state index contributed by atoms with van der Waals surface area (Å²) in [4.78, 5) is 22.8. The van der Waals surface area contributed by atoms with E-state index < -0.39 is 6.10 Å². The molecule has 0 bridgehead atoms. The molecule has 4 N–H and O–H groups in total. The molecule has 1 aliphatic heterocycles. The number of amides is 2. The van der Waals surface area contributed by atoms with Crippen molar-refractivity contribution in [2.45, 2.75) is 46.9 Å². The molecule has 0 fully saturated rings. The molecule has 12 heteroatoms. The normalized spacial score (nSPS) is 13.2. The van der Waals surface area contributed by atoms with Crippen LogP contribution in [0.15, 0.2) is 17.2 Å². The van der Waals surface area contributed by atoms with Crippen LogP contribution in [0.4, 0.5) is 10.7 Å². The Morgan fingerprint density at radius 2 is 2.09 bits per heavy atom. The van der Waals surface area contributed by atoms with Crippen molar-refractivity contribution in [3.05, 3.63) is 33.4 Å². The van der Waals surface area contributed by atoms with Gasteiger partial charge in [0.1, 0.15) is 12.4 Å². The third-order valence-corrected chi connectivity index (χ3v) is 5.39. The maximum Gasteiger partial charge on any atom is 0.318 e. The van der Waals surface area contributed by atoms with Crippen LogP contribution in [-0.4, -0.2) is 70.1 Å². The number of nitrogens with one attached hydrogen (secondary N) is 1. The number of likely N-dealkylation sites (N-methyl/N-ethyl adjacent to an activating group) is 1. The van der Waals surface area contributed by atoms with Gasteiger partial charge in [-0.2, -0.15) is 5.10 Å². The Morgan fingerprint density at radius 3 is 2.74 bits per heavy atom. The molecule has 192 valence electrons. The number of aliphatic hydroxyl groups is 1. The molecule has 2 amide bonds. The number of hydrogen-bond donors (Lipinski definition) is 3. The number of benzene rings is 1. The van der Waals surface area contributed by atoms with Gasteiger partial charge in [0.2, 0.25) is 5.95 Å². The molecule has 1 aliphatic rings. The zero-order chi connectivity index (χ0) is 26.1. The summed E-state index contributed by atoms with van der Waals surface area (Å²) in [5.74, 6) is 0.502. The van der Waals surface area contributed by atoms with Crippen molar-refractivity contribution < 1.29 is 14.6 Å². The van der Waals surface area contributed by atoms with Gasteiger partial charge in [-0.15, -0.1) is 0 Å². The molecule has 1 aromatic carbocycles. The second-order valence-corrected chi connectivity index (χ2v) is 8.45. The van der Waals surface area contributed by atoms with Crippen molar-refractivity contribution >= 4 is 41.4 Å². The summed E-state index contributed by atoms with van der Waals surface area (Å²) in [5.41, 5.74) is 8.34. The van der Waals surface area contributed by atoms with Crippen LogP contribution in [0.2, 0.25) is 10.0 Å². The van der Waals surface area contributed by atoms with Crippen LogP contribution in [0.25, 0.3) is 11.3 Å². The van der Waals surface area contributed by atoms with Gasteiger partial charge in [-0.05, 0) is 26.0 Å². The predicted molar refractivity (Wildman–Crippen MR) is 140 cm³/mol. The maximum absolute atomic E-state index is 12.5. The van der Waals surface area contributed by atoms with E-state index in [0.717, 1.165) is 5.56 Å². The number of anilines is 1. The number of nitrogens with zero attached hydrogens (tertiary/aromatic N) is 5. The Hall–Kier alpha value is -2.82. The first-order chi connectivity index (χ1) is 16.7. The van der Waals surface area contributed by atoms with E-state index in [9.17, 15) is 9.90 Å². The number of carbonyl (C=O) groups excluding carboxylic acids is 1. The van der Waals surface area contributed by atoms with Crippen LogP contribution in [0, 0.1) is 0 Å². The second-order valence-electron chi connectivity index (χ2n) is 7.61. The minimum Gasteiger partial charge on any atom is -0.491 e. The van der Waals surface area contributed by atoms with Gasteiger partial charge in [0.15, 0.2) is 0 Å². The summed E-state index contributed by atoms with van der Waals surface area (Å²) in [6.45, 7) is 8.94. The Kier molecular flexibility index (Phi) is 10.8. The largest absolute Gasteiger partial charge is 0.491 e. The number of hydrazone groups is 1. The van der Waals surface area contributed by atoms with E-state index >= 15 is 0 Å². The van der Waals surface area contributed by atoms with Gasteiger partial charge in [-0.1, -0.05) is 37.0 Å². The monoisotopic (exact) mass is 525 g/mol. The first-order valence-corrected chi connectivity index (χ1v) is 12.1. The van der Waals surface area contributed by atoms with E-state index in [1.807, 2.05) is 27.8 Å². The lowest BCUT2D eigenvalue weighted by atomic mass is 10.0. The molecular formula is C23H33Cl2N7O3. The van der Waals surface area contributed by atoms with Crippen molar-refractivity contribution in [3.8, 4) is 17.0 Å². The molecule has 0 saturated carbocycles. The molecule has 10 nitrogen and oxygen atoms in total. The smallest absolute Gasteiger partial charge is 0.318 e. The molecule has 35 heavy (non-hydrogen) atoms. The summed E-state index contributed by atoms with van der Waals surface area (Å²) in [6, 6.07) is 2.95. The Bertz CT molecular complexity index is 1050. The number of ether oxygens (including phenoxy) is 1. The Morgan fingerprint density at radius 1 is 1.37 bits per heavy atom. The van der Waals surface area contributed by atoms with Crippen molar-refractivity contribution in [3.63, 3.8) is 0 Å². The summed E-state index contributed by atoms with van der Waals surface area (Å²) in [7, 11) is 1.84. The second kappa shape index (κ2) is 13.3. The number of aromatic nitrogens is 2. The highest BCUT2D eigenvalue weighted by atomic mass is 35.5. The zero-order valence-corrected chi connectivity index (χ0v) is 22.2. The van der Waals surface area contributed by atoms with Gasteiger partial charge in [0.25, 0.3) is 0 Å². The number of halogens is 2. The minimum absolute atomic E-state index is 0.0592. The standard InChI is InChI=1S/C21H27Cl2N7O3.C2H6/c1-4-26-29(3)5-6-33-17-8-13(22)7-15(23)18(17)19-14-10-30(21(32)25-9-12(2)31)11-16(14)27-20(24)28-19;1-2/h4,7-8,12,31H,5-6,9-11H2,1-3H3,(H,25,32)(H2,24,27,28);1-2H3/b26-4-;/t12-;/m1./s1. The molecule has 1 aromatic heterocycles. The number of fused-ring (bicyclic) bond motifs is 1. The van der Waals surface area contributed by atoms with Gasteiger partial charge in [-0.25, -0.2) is 14.8 Å². The highest BCUT2D eigenvalue weighted by Crippen LogP contribution is 2.42. The third-order valence-electron chi connectivity index (χ3n) is 4.88. The highest BCUT2D eigenvalue weighted by Gasteiger charge is 2.30. The Balaban J connectivity index is 0.00000210. The molecule has 0 unspecified atom stereocenters. The lowest BCUT2D eigenvalue weighted by Crippen LogP contribution is -2.39. The average Bonchev–Trinajstić information content (AvgIpc) is 3.22. The van der Waals surface area contributed by atoms with Gasteiger partial charge in [0, 0.05) is 30.4 Å². The molecule has 0 spiro atoms. The van der Waals surface area contributed by atoms with Gasteiger partial charge >= 0.3 is 6.03 Å². The Labute approximate surface area is 216 Å². The number of urea groups is 1. The summed E-state index contributed by atoms with van der Waals surface area (Å²) in [5, 5.41) is 18.8. The number of rotatable bonds is 8. The zero-order valence-electron chi connectivity index (χ0n) is 20.7. The predicted octanol–water partition coefficient (Wildman–Crippen LogP) is 3.78. The van der Waals surface area contributed by atoms with E-state index in [-0.39, 0.29) is 31.6 Å². The molecule has 0 saturated heterocycles. The van der Waals surface area contributed by atoms with Crippen LogP contribution in [-0.2, 0) is 13.1 Å². The lowest BCUT2D eigenvalue weighted by Gasteiger charge is -2.18. The third kappa shape index (κ3) is 7.58. The molecule has 3 rings (SSSR count). The van der Waals surface area contributed by atoms with Crippen molar-refractivity contribution in [1.29, 1.82) is 0 Å². The molecule has 0 aliphatic carbocycles. The van der Waals surface area contributed by atoms with Crippen LogP contribution in [0.1, 0.15) is 39.0 Å². The summed E-state index contributed by atoms with van der Waals surface area (Å²) < 4.78 is 6.00. The van der Waals surface area contributed by atoms with E-state index in [1.54, 1.807) is 35.2 Å². The number of nitrogen functional groups attached to an aromatic ring is 1. The van der Waals surface area contributed by atoms with Crippen molar-refractivity contribution in [1.82, 2.24) is 25.2 Å². The van der Waals surface area contributed by atoms with Crippen LogP contribution in [0.3, 0.4) is 0 Å².